The number of hydrogen-bond donors (Lipinski definition) is 0. The molecule has 2 rings (SSSR count). The van der Waals surface area contributed by atoms with Gasteiger partial charge < -0.3 is 0 Å². The second kappa shape index (κ2) is 0.532. The van der Waals surface area contributed by atoms with Crippen LogP contribution in [0.5, 0.6) is 0 Å². The minimum atomic E-state index is 0.926. The fraction of sp³-hybridized carbons (Fsp3) is 1.00. The smallest absolute Gasteiger partial charge is 0.205 e. The van der Waals surface area contributed by atoms with Crippen LogP contribution in [0.3, 0.4) is 0 Å². The molecule has 0 bridgehead atoms. The van der Waals surface area contributed by atoms with E-state index in [1.54, 1.807) is 7.11 Å². The number of nitrogens with zero attached hydrogens (tertiary/aromatic N) is 1. The molecular weight excluding hydrogens is 78.0 g/mol. The molecule has 2 fully saturated rings. The fourth-order valence-corrected chi connectivity index (χ4v) is 0.864. The average Bonchev–Trinajstić information content (AvgIpc) is 2.12. The van der Waals surface area contributed by atoms with E-state index in [2.05, 4.69) is 0 Å². The maximum atomic E-state index is 5.06. The number of rotatable bonds is 1. The Morgan fingerprint density at radius 2 is 2.17 bits per heavy atom. The zero-order valence-corrected chi connectivity index (χ0v) is 3.85. The lowest BCUT2D eigenvalue weighted by Crippen LogP contribution is -2.08. The summed E-state index contributed by atoms with van der Waals surface area (Å²) in [6.07, 6.45) is 0. The summed E-state index contributed by atoms with van der Waals surface area (Å²) < 4.78 is 0.986. The second-order valence-corrected chi connectivity index (χ2v) is 2.15. The molecule has 2 heteroatoms. The van der Waals surface area contributed by atoms with Crippen LogP contribution >= 0.6 is 0 Å². The lowest BCUT2D eigenvalue weighted by atomic mass is 10.6. The van der Waals surface area contributed by atoms with Crippen LogP contribution in [0.1, 0.15) is 0 Å². The highest BCUT2D eigenvalue weighted by Gasteiger charge is 2.77. The van der Waals surface area contributed by atoms with E-state index in [0.29, 0.717) is 0 Å². The van der Waals surface area contributed by atoms with Crippen LogP contribution in [-0.2, 0) is 4.84 Å². The van der Waals surface area contributed by atoms with Gasteiger partial charge in [-0.2, -0.15) is 4.65 Å². The van der Waals surface area contributed by atoms with E-state index < -0.39 is 0 Å². The van der Waals surface area contributed by atoms with E-state index in [0.717, 1.165) is 10.7 Å². The van der Waals surface area contributed by atoms with Gasteiger partial charge >= 0.3 is 0 Å². The monoisotopic (exact) mass is 86.1 g/mol. The van der Waals surface area contributed by atoms with Crippen molar-refractivity contribution < 1.29 is 9.48 Å². The van der Waals surface area contributed by atoms with Crippen LogP contribution in [-0.4, -0.2) is 30.9 Å². The van der Waals surface area contributed by atoms with E-state index in [9.17, 15) is 0 Å². The van der Waals surface area contributed by atoms with E-state index in [1.165, 1.54) is 13.1 Å². The molecule has 0 atom stereocenters. The molecular formula is C4H8NO+. The molecule has 0 aromatic carbocycles. The summed E-state index contributed by atoms with van der Waals surface area (Å²) in [4.78, 5) is 5.06. The molecule has 2 saturated heterocycles. The molecule has 0 aliphatic carbocycles. The van der Waals surface area contributed by atoms with Gasteiger partial charge in [0.1, 0.15) is 0 Å². The summed E-state index contributed by atoms with van der Waals surface area (Å²) in [6, 6.07) is 0.926. The molecule has 2 heterocycles. The van der Waals surface area contributed by atoms with Crippen molar-refractivity contribution in [1.29, 1.82) is 0 Å². The Balaban J connectivity index is 2.10. The maximum absolute atomic E-state index is 5.06. The molecule has 2 aliphatic heterocycles. The molecule has 0 aromatic heterocycles. The first-order valence-corrected chi connectivity index (χ1v) is 2.30. The van der Waals surface area contributed by atoms with Crippen molar-refractivity contribution in [2.24, 2.45) is 0 Å². The summed E-state index contributed by atoms with van der Waals surface area (Å²) in [5, 5.41) is 0. The van der Waals surface area contributed by atoms with E-state index in [-0.39, 0.29) is 0 Å². The molecule has 2 nitrogen and oxygen atoms in total. The molecule has 34 valence electrons. The first-order chi connectivity index (χ1) is 2.87. The molecule has 0 saturated carbocycles. The third-order valence-corrected chi connectivity index (χ3v) is 1.80. The molecule has 0 N–H and O–H groups in total. The Morgan fingerprint density at radius 3 is 2.17 bits per heavy atom. The van der Waals surface area contributed by atoms with Gasteiger partial charge in [0.25, 0.3) is 0 Å². The Labute approximate surface area is 36.9 Å². The third-order valence-electron chi connectivity index (χ3n) is 1.80. The standard InChI is InChI=1S/C4H8NO/c1-6-5-2-4(5)3-5/h4H,2-3H2,1H3/q+1. The van der Waals surface area contributed by atoms with Crippen molar-refractivity contribution in [2.75, 3.05) is 20.2 Å². The molecule has 6 heavy (non-hydrogen) atoms. The summed E-state index contributed by atoms with van der Waals surface area (Å²) in [5.41, 5.74) is 0. The van der Waals surface area contributed by atoms with Gasteiger partial charge in [-0.25, -0.2) is 4.84 Å². The van der Waals surface area contributed by atoms with Gasteiger partial charge in [-0.05, 0) is 0 Å². The van der Waals surface area contributed by atoms with Crippen LogP contribution < -0.4 is 0 Å². The average molecular weight is 86.1 g/mol. The first-order valence-electron chi connectivity index (χ1n) is 2.30. The molecule has 2 aliphatic rings. The SMILES string of the molecule is CO[N+]12CC1C2. The summed E-state index contributed by atoms with van der Waals surface area (Å²) in [7, 11) is 1.78. The highest BCUT2D eigenvalue weighted by molar-refractivity contribution is 4.84. The Bertz CT molecular complexity index is 85.5. The Morgan fingerprint density at radius 1 is 1.67 bits per heavy atom. The van der Waals surface area contributed by atoms with Crippen molar-refractivity contribution in [3.05, 3.63) is 0 Å². The minimum Gasteiger partial charge on any atom is -0.205 e. The van der Waals surface area contributed by atoms with Crippen LogP contribution in [0, 0.1) is 0 Å². The van der Waals surface area contributed by atoms with Gasteiger partial charge in [0.15, 0.2) is 13.1 Å². The van der Waals surface area contributed by atoms with Crippen molar-refractivity contribution >= 4 is 0 Å². The zero-order valence-electron chi connectivity index (χ0n) is 3.85. The van der Waals surface area contributed by atoms with Crippen LogP contribution in [0.2, 0.25) is 0 Å². The number of fused-ring (bicyclic) bond motifs is 1. The highest BCUT2D eigenvalue weighted by atomic mass is 16.8. The third kappa shape index (κ3) is 0.150. The van der Waals surface area contributed by atoms with E-state index in [1.807, 2.05) is 0 Å². The molecule has 0 amide bonds. The second-order valence-electron chi connectivity index (χ2n) is 2.15. The predicted molar refractivity (Wildman–Crippen MR) is 20.8 cm³/mol. The van der Waals surface area contributed by atoms with Crippen LogP contribution in [0.4, 0.5) is 0 Å². The topological polar surface area (TPSA) is 9.23 Å². The maximum Gasteiger partial charge on any atom is 0.223 e. The van der Waals surface area contributed by atoms with Gasteiger partial charge in [0, 0.05) is 0 Å². The van der Waals surface area contributed by atoms with Gasteiger partial charge in [-0.3, -0.25) is 0 Å². The van der Waals surface area contributed by atoms with Crippen molar-refractivity contribution in [3.8, 4) is 0 Å². The highest BCUT2D eigenvalue weighted by Crippen LogP contribution is 2.47. The normalized spacial score (nSPS) is 60.5. The quantitative estimate of drug-likeness (QED) is 0.316. The lowest BCUT2D eigenvalue weighted by molar-refractivity contribution is -0.925. The Kier molecular flexibility index (Phi) is 0.265. The summed E-state index contributed by atoms with van der Waals surface area (Å²) in [6.45, 7) is 2.58. The largest absolute Gasteiger partial charge is 0.223 e. The molecule has 0 aromatic rings. The Hall–Kier alpha value is -0.0800. The van der Waals surface area contributed by atoms with Crippen molar-refractivity contribution in [2.45, 2.75) is 6.04 Å². The fourth-order valence-electron chi connectivity index (χ4n) is 0.864. The lowest BCUT2D eigenvalue weighted by Gasteiger charge is -1.93. The van der Waals surface area contributed by atoms with Gasteiger partial charge in [-0.1, -0.05) is 0 Å². The number of quaternary nitrogens is 1. The molecule has 0 radical (unpaired) electrons. The number of hydrogen-bond acceptors (Lipinski definition) is 1. The molecule has 0 unspecified atom stereocenters. The first kappa shape index (κ1) is 2.99. The van der Waals surface area contributed by atoms with Gasteiger partial charge in [0.2, 0.25) is 6.04 Å². The van der Waals surface area contributed by atoms with Crippen molar-refractivity contribution in [1.82, 2.24) is 0 Å². The van der Waals surface area contributed by atoms with Crippen molar-refractivity contribution in [3.63, 3.8) is 0 Å². The predicted octanol–water partition coefficient (Wildman–Crippen LogP) is -0.240. The van der Waals surface area contributed by atoms with E-state index >= 15 is 0 Å². The van der Waals surface area contributed by atoms with Crippen LogP contribution in [0.25, 0.3) is 0 Å². The minimum absolute atomic E-state index is 0.926. The summed E-state index contributed by atoms with van der Waals surface area (Å²) >= 11 is 0. The number of hydroxylamine groups is 3. The van der Waals surface area contributed by atoms with E-state index in [4.69, 9.17) is 4.84 Å². The van der Waals surface area contributed by atoms with Gasteiger partial charge in [-0.15, -0.1) is 0 Å². The zero-order chi connectivity index (χ0) is 4.20. The van der Waals surface area contributed by atoms with Crippen LogP contribution in [0.15, 0.2) is 0 Å². The van der Waals surface area contributed by atoms with Gasteiger partial charge in [0.05, 0.1) is 7.11 Å². The molecule has 0 spiro atoms. The summed E-state index contributed by atoms with van der Waals surface area (Å²) in [5.74, 6) is 0.